The molecule has 156 valence electrons. The van der Waals surface area contributed by atoms with E-state index < -0.39 is 11.9 Å². The third-order valence-corrected chi connectivity index (χ3v) is 5.36. The molecular weight excluding hydrogens is 437 g/mol. The van der Waals surface area contributed by atoms with Crippen molar-refractivity contribution in [2.24, 2.45) is 5.73 Å². The van der Waals surface area contributed by atoms with Crippen LogP contribution >= 0.6 is 23.2 Å². The lowest BCUT2D eigenvalue weighted by Gasteiger charge is -2.22. The number of fused-ring (bicyclic) bond motifs is 1. The largest absolute Gasteiger partial charge is 0.365 e. The van der Waals surface area contributed by atoms with Crippen LogP contribution in [0.2, 0.25) is 10.3 Å². The first-order valence-corrected chi connectivity index (χ1v) is 10.1. The molecule has 7 nitrogen and oxygen atoms in total. The van der Waals surface area contributed by atoms with E-state index in [2.05, 4.69) is 15.3 Å². The summed E-state index contributed by atoms with van der Waals surface area (Å²) in [6.45, 7) is 1.84. The van der Waals surface area contributed by atoms with Gasteiger partial charge in [-0.15, -0.1) is 0 Å². The number of benzene rings is 2. The number of anilines is 1. The fourth-order valence-corrected chi connectivity index (χ4v) is 3.83. The summed E-state index contributed by atoms with van der Waals surface area (Å²) in [7, 11) is 0. The summed E-state index contributed by atoms with van der Waals surface area (Å²) in [5.41, 5.74) is 6.59. The zero-order valence-electron chi connectivity index (χ0n) is 16.3. The van der Waals surface area contributed by atoms with Crippen LogP contribution in [0.1, 0.15) is 29.0 Å². The second kappa shape index (κ2) is 8.37. The number of nitrogens with two attached hydrogens (primary N) is 1. The summed E-state index contributed by atoms with van der Waals surface area (Å²) in [5.74, 6) is -0.518. The van der Waals surface area contributed by atoms with Crippen molar-refractivity contribution < 1.29 is 4.79 Å². The van der Waals surface area contributed by atoms with E-state index >= 15 is 0 Å². The predicted octanol–water partition coefficient (Wildman–Crippen LogP) is 4.36. The Morgan fingerprint density at radius 3 is 2.58 bits per heavy atom. The Bertz CT molecular complexity index is 1360. The monoisotopic (exact) mass is 453 g/mol. The number of pyridine rings is 1. The van der Waals surface area contributed by atoms with Crippen LogP contribution < -0.4 is 16.6 Å². The van der Waals surface area contributed by atoms with Crippen molar-refractivity contribution in [1.29, 1.82) is 0 Å². The van der Waals surface area contributed by atoms with E-state index in [4.69, 9.17) is 28.9 Å². The summed E-state index contributed by atoms with van der Waals surface area (Å²) in [4.78, 5) is 33.2. The smallest absolute Gasteiger partial charge is 0.264 e. The van der Waals surface area contributed by atoms with Crippen LogP contribution in [0.25, 0.3) is 16.5 Å². The van der Waals surface area contributed by atoms with Crippen molar-refractivity contribution in [1.82, 2.24) is 14.5 Å². The minimum Gasteiger partial charge on any atom is -0.365 e. The van der Waals surface area contributed by atoms with Crippen LogP contribution in [0.15, 0.2) is 65.6 Å². The molecule has 0 bridgehead atoms. The zero-order valence-corrected chi connectivity index (χ0v) is 17.9. The van der Waals surface area contributed by atoms with E-state index in [0.717, 1.165) is 0 Å². The first-order chi connectivity index (χ1) is 14.9. The van der Waals surface area contributed by atoms with E-state index in [1.165, 1.54) is 6.20 Å². The molecule has 31 heavy (non-hydrogen) atoms. The highest BCUT2D eigenvalue weighted by atomic mass is 35.5. The molecule has 0 unspecified atom stereocenters. The van der Waals surface area contributed by atoms with E-state index in [-0.39, 0.29) is 22.2 Å². The van der Waals surface area contributed by atoms with Gasteiger partial charge in [0.2, 0.25) is 5.28 Å². The van der Waals surface area contributed by atoms with Gasteiger partial charge in [-0.1, -0.05) is 41.9 Å². The number of carbonyl (C=O) groups excluding carboxylic acids is 1. The van der Waals surface area contributed by atoms with Gasteiger partial charge in [0.05, 0.1) is 22.0 Å². The average molecular weight is 454 g/mol. The second-order valence-electron chi connectivity index (χ2n) is 6.88. The van der Waals surface area contributed by atoms with Gasteiger partial charge in [0.1, 0.15) is 5.82 Å². The van der Waals surface area contributed by atoms with Crippen LogP contribution in [0, 0.1) is 0 Å². The number of para-hydroxylation sites is 1. The van der Waals surface area contributed by atoms with Gasteiger partial charge in [-0.25, -0.2) is 4.98 Å². The number of carbonyl (C=O) groups is 1. The number of halogens is 2. The van der Waals surface area contributed by atoms with Crippen molar-refractivity contribution in [3.05, 3.63) is 92.7 Å². The molecule has 0 spiro atoms. The van der Waals surface area contributed by atoms with E-state index in [1.54, 1.807) is 16.7 Å². The van der Waals surface area contributed by atoms with Gasteiger partial charge < -0.3 is 11.1 Å². The van der Waals surface area contributed by atoms with Crippen molar-refractivity contribution in [3.63, 3.8) is 0 Å². The average Bonchev–Trinajstić information content (AvgIpc) is 2.74. The first kappa shape index (κ1) is 20.8. The first-order valence-electron chi connectivity index (χ1n) is 9.35. The maximum absolute atomic E-state index is 13.5. The minimum atomic E-state index is -0.697. The van der Waals surface area contributed by atoms with Gasteiger partial charge in [0.15, 0.2) is 0 Å². The number of amides is 1. The molecule has 0 aliphatic rings. The fraction of sp³-hybridized carbons (Fsp3) is 0.0909. The highest BCUT2D eigenvalue weighted by molar-refractivity contribution is 6.35. The van der Waals surface area contributed by atoms with Crippen molar-refractivity contribution in [2.45, 2.75) is 13.0 Å². The number of rotatable bonds is 5. The maximum atomic E-state index is 13.5. The summed E-state index contributed by atoms with van der Waals surface area (Å²) in [6, 6.07) is 15.9. The molecule has 4 aromatic rings. The number of aromatic nitrogens is 3. The Morgan fingerprint density at radius 2 is 1.87 bits per heavy atom. The molecule has 0 aliphatic carbocycles. The lowest BCUT2D eigenvalue weighted by atomic mass is 10.1. The molecule has 0 saturated heterocycles. The number of nitrogens with one attached hydrogen (secondary N) is 1. The van der Waals surface area contributed by atoms with Crippen molar-refractivity contribution >= 4 is 45.7 Å². The highest BCUT2D eigenvalue weighted by Gasteiger charge is 2.20. The molecule has 2 aromatic heterocycles. The Kier molecular flexibility index (Phi) is 5.63. The van der Waals surface area contributed by atoms with E-state index in [0.29, 0.717) is 27.2 Å². The van der Waals surface area contributed by atoms with Gasteiger partial charge in [-0.05, 0) is 48.2 Å². The summed E-state index contributed by atoms with van der Waals surface area (Å²) >= 11 is 12.3. The Labute approximate surface area is 187 Å². The number of hydrogen-bond acceptors (Lipinski definition) is 5. The highest BCUT2D eigenvalue weighted by Crippen LogP contribution is 2.27. The summed E-state index contributed by atoms with van der Waals surface area (Å²) in [6.07, 6.45) is 1.26. The number of nitrogens with zero attached hydrogens (tertiary/aromatic N) is 3. The molecule has 1 amide bonds. The van der Waals surface area contributed by atoms with Crippen molar-refractivity contribution in [3.8, 4) is 5.69 Å². The Morgan fingerprint density at radius 1 is 1.13 bits per heavy atom. The van der Waals surface area contributed by atoms with Gasteiger partial charge in [0, 0.05) is 17.6 Å². The Balaban J connectivity index is 1.92. The lowest BCUT2D eigenvalue weighted by Crippen LogP contribution is -2.26. The molecule has 0 radical (unpaired) electrons. The van der Waals surface area contributed by atoms with Crippen LogP contribution in [-0.4, -0.2) is 20.4 Å². The third-order valence-electron chi connectivity index (χ3n) is 4.86. The Hall–Kier alpha value is -3.42. The molecule has 0 saturated carbocycles. The standard InChI is InChI=1S/C22H17Cl2N5O2/c1-12(27-20-15(19(25)30)11-26-22(24)28-20)17-10-13-6-5-9-16(23)18(13)21(31)29(17)14-7-3-2-4-8-14/h2-12H,1H3,(H2,25,30)(H,26,27,28)/t12-/m0/s1. The maximum Gasteiger partial charge on any atom is 0.264 e. The third kappa shape index (κ3) is 3.97. The molecule has 1 atom stereocenters. The van der Waals surface area contributed by atoms with Crippen LogP contribution in [0.5, 0.6) is 0 Å². The SMILES string of the molecule is C[C@H](Nc1nc(Cl)ncc1C(N)=O)c1cc2cccc(Cl)c2c(=O)n1-c1ccccc1. The van der Waals surface area contributed by atoms with Gasteiger partial charge in [-0.2, -0.15) is 4.98 Å². The lowest BCUT2D eigenvalue weighted by molar-refractivity contribution is 0.100. The van der Waals surface area contributed by atoms with Crippen molar-refractivity contribution in [2.75, 3.05) is 5.32 Å². The molecule has 3 N–H and O–H groups in total. The minimum absolute atomic E-state index is 0.0366. The van der Waals surface area contributed by atoms with E-state index in [9.17, 15) is 9.59 Å². The quantitative estimate of drug-likeness (QED) is 0.437. The number of primary amides is 1. The van der Waals surface area contributed by atoms with Crippen LogP contribution in [0.4, 0.5) is 5.82 Å². The molecule has 2 aromatic carbocycles. The second-order valence-corrected chi connectivity index (χ2v) is 7.63. The van der Waals surface area contributed by atoms with Gasteiger partial charge >= 0.3 is 0 Å². The molecule has 2 heterocycles. The normalized spacial score (nSPS) is 12.0. The van der Waals surface area contributed by atoms with E-state index in [1.807, 2.05) is 49.4 Å². The molecule has 0 aliphatic heterocycles. The zero-order chi connectivity index (χ0) is 22.1. The topological polar surface area (TPSA) is 103 Å². The van der Waals surface area contributed by atoms with Crippen LogP contribution in [-0.2, 0) is 0 Å². The molecule has 0 fully saturated rings. The van der Waals surface area contributed by atoms with Gasteiger partial charge in [0.25, 0.3) is 11.5 Å². The number of hydrogen-bond donors (Lipinski definition) is 2. The van der Waals surface area contributed by atoms with Gasteiger partial charge in [-0.3, -0.25) is 14.2 Å². The predicted molar refractivity (Wildman–Crippen MR) is 122 cm³/mol. The fourth-order valence-electron chi connectivity index (χ4n) is 3.43. The molecule has 9 heteroatoms. The summed E-state index contributed by atoms with van der Waals surface area (Å²) in [5, 5.41) is 4.59. The molecular formula is C22H17Cl2N5O2. The molecule has 4 rings (SSSR count). The summed E-state index contributed by atoms with van der Waals surface area (Å²) < 4.78 is 1.58. The van der Waals surface area contributed by atoms with Crippen LogP contribution in [0.3, 0.4) is 0 Å².